The summed E-state index contributed by atoms with van der Waals surface area (Å²) in [6.45, 7) is 2.15. The van der Waals surface area contributed by atoms with Crippen molar-refractivity contribution in [2.45, 2.75) is 25.8 Å². The molecule has 0 aromatic heterocycles. The first-order chi connectivity index (χ1) is 7.56. The summed E-state index contributed by atoms with van der Waals surface area (Å²) in [4.78, 5) is 11.7. The van der Waals surface area contributed by atoms with Crippen LogP contribution in [0.15, 0.2) is 18.2 Å². The molecule has 0 atom stereocenters. The molecule has 1 aromatic rings. The molecule has 16 heavy (non-hydrogen) atoms. The smallest absolute Gasteiger partial charge is 0.251 e. The predicted octanol–water partition coefficient (Wildman–Crippen LogP) is 1.63. The molecule has 1 amide bonds. The van der Waals surface area contributed by atoms with Gasteiger partial charge in [-0.15, -0.1) is 0 Å². The van der Waals surface area contributed by atoms with E-state index in [4.69, 9.17) is 5.11 Å². The van der Waals surface area contributed by atoms with Crippen LogP contribution in [-0.4, -0.2) is 22.2 Å². The summed E-state index contributed by atoms with van der Waals surface area (Å²) in [5.41, 5.74) is 0.370. The molecule has 0 spiro atoms. The first kappa shape index (κ1) is 10.8. The standard InChI is InChI=1S/C12H15NO3/c1-7-4-9(5-7)13-12(16)8-2-3-10(14)11(15)6-8/h2-3,6-7,9,14-15H,4-5H2,1H3,(H,13,16). The van der Waals surface area contributed by atoms with E-state index in [9.17, 15) is 9.90 Å². The Kier molecular flexibility index (Phi) is 2.73. The van der Waals surface area contributed by atoms with Crippen molar-refractivity contribution in [1.29, 1.82) is 0 Å². The summed E-state index contributed by atoms with van der Waals surface area (Å²) in [5, 5.41) is 21.3. The van der Waals surface area contributed by atoms with Crippen LogP contribution in [0.4, 0.5) is 0 Å². The van der Waals surface area contributed by atoms with Crippen LogP contribution in [0, 0.1) is 5.92 Å². The molecule has 0 heterocycles. The lowest BCUT2D eigenvalue weighted by atomic mass is 9.82. The van der Waals surface area contributed by atoms with Crippen LogP contribution >= 0.6 is 0 Å². The monoisotopic (exact) mass is 221 g/mol. The second kappa shape index (κ2) is 4.04. The van der Waals surface area contributed by atoms with E-state index >= 15 is 0 Å². The fraction of sp³-hybridized carbons (Fsp3) is 0.417. The molecule has 1 aromatic carbocycles. The van der Waals surface area contributed by atoms with Gasteiger partial charge in [0.2, 0.25) is 0 Å². The van der Waals surface area contributed by atoms with Crippen molar-refractivity contribution in [3.05, 3.63) is 23.8 Å². The van der Waals surface area contributed by atoms with E-state index in [0.29, 0.717) is 11.5 Å². The maximum Gasteiger partial charge on any atom is 0.251 e. The zero-order valence-corrected chi connectivity index (χ0v) is 9.10. The maximum absolute atomic E-state index is 11.7. The van der Waals surface area contributed by atoms with Gasteiger partial charge in [0, 0.05) is 11.6 Å². The lowest BCUT2D eigenvalue weighted by molar-refractivity contribution is 0.0895. The molecule has 86 valence electrons. The minimum absolute atomic E-state index is 0.202. The average molecular weight is 221 g/mol. The van der Waals surface area contributed by atoms with E-state index in [2.05, 4.69) is 12.2 Å². The van der Waals surface area contributed by atoms with Gasteiger partial charge in [-0.3, -0.25) is 4.79 Å². The van der Waals surface area contributed by atoms with Gasteiger partial charge in [-0.25, -0.2) is 0 Å². The van der Waals surface area contributed by atoms with Crippen molar-refractivity contribution in [3.8, 4) is 11.5 Å². The molecule has 4 nitrogen and oxygen atoms in total. The molecule has 0 aliphatic heterocycles. The maximum atomic E-state index is 11.7. The number of carbonyl (C=O) groups is 1. The molecule has 1 aliphatic carbocycles. The van der Waals surface area contributed by atoms with Crippen LogP contribution in [0.25, 0.3) is 0 Å². The Balaban J connectivity index is 2.01. The fourth-order valence-corrected chi connectivity index (χ4v) is 1.95. The Labute approximate surface area is 93.9 Å². The Bertz CT molecular complexity index is 411. The van der Waals surface area contributed by atoms with Crippen LogP contribution < -0.4 is 5.32 Å². The first-order valence-electron chi connectivity index (χ1n) is 5.39. The number of nitrogens with one attached hydrogen (secondary N) is 1. The van der Waals surface area contributed by atoms with E-state index in [-0.39, 0.29) is 23.4 Å². The number of phenols is 2. The topological polar surface area (TPSA) is 69.6 Å². The van der Waals surface area contributed by atoms with Gasteiger partial charge in [0.1, 0.15) is 0 Å². The highest BCUT2D eigenvalue weighted by atomic mass is 16.3. The zero-order chi connectivity index (χ0) is 11.7. The number of aromatic hydroxyl groups is 2. The number of phenolic OH excluding ortho intramolecular Hbond substituents is 2. The number of rotatable bonds is 2. The van der Waals surface area contributed by atoms with Crippen LogP contribution in [0.2, 0.25) is 0 Å². The van der Waals surface area contributed by atoms with Crippen molar-refractivity contribution in [1.82, 2.24) is 5.32 Å². The lowest BCUT2D eigenvalue weighted by Gasteiger charge is -2.33. The fourth-order valence-electron chi connectivity index (χ4n) is 1.95. The van der Waals surface area contributed by atoms with Crippen molar-refractivity contribution in [3.63, 3.8) is 0 Å². The highest BCUT2D eigenvalue weighted by molar-refractivity contribution is 5.95. The second-order valence-electron chi connectivity index (χ2n) is 4.45. The molecule has 2 rings (SSSR count). The van der Waals surface area contributed by atoms with Crippen LogP contribution in [0.3, 0.4) is 0 Å². The molecule has 4 heteroatoms. The zero-order valence-electron chi connectivity index (χ0n) is 9.10. The van der Waals surface area contributed by atoms with E-state index < -0.39 is 0 Å². The number of carbonyl (C=O) groups excluding carboxylic acids is 1. The molecule has 1 aliphatic rings. The Morgan fingerprint density at radius 1 is 1.31 bits per heavy atom. The average Bonchev–Trinajstić information content (AvgIpc) is 2.19. The van der Waals surface area contributed by atoms with Gasteiger partial charge in [-0.1, -0.05) is 6.92 Å². The normalized spacial score (nSPS) is 23.6. The molecule has 0 unspecified atom stereocenters. The molecule has 0 radical (unpaired) electrons. The third-order valence-electron chi connectivity index (χ3n) is 2.95. The van der Waals surface area contributed by atoms with Gasteiger partial charge in [-0.2, -0.15) is 0 Å². The van der Waals surface area contributed by atoms with Crippen molar-refractivity contribution in [2.24, 2.45) is 5.92 Å². The number of amides is 1. The van der Waals surface area contributed by atoms with Crippen molar-refractivity contribution < 1.29 is 15.0 Å². The summed E-state index contributed by atoms with van der Waals surface area (Å²) < 4.78 is 0. The quantitative estimate of drug-likeness (QED) is 0.665. The Morgan fingerprint density at radius 2 is 2.00 bits per heavy atom. The Morgan fingerprint density at radius 3 is 2.56 bits per heavy atom. The van der Waals surface area contributed by atoms with Gasteiger partial charge in [0.15, 0.2) is 11.5 Å². The molecule has 1 fully saturated rings. The van der Waals surface area contributed by atoms with Gasteiger partial charge in [0.05, 0.1) is 0 Å². The van der Waals surface area contributed by atoms with E-state index in [0.717, 1.165) is 12.8 Å². The summed E-state index contributed by atoms with van der Waals surface area (Å²) in [7, 11) is 0. The molecular formula is C12H15NO3. The van der Waals surface area contributed by atoms with Gasteiger partial charge in [0.25, 0.3) is 5.91 Å². The minimum atomic E-state index is -0.269. The third-order valence-corrected chi connectivity index (χ3v) is 2.95. The minimum Gasteiger partial charge on any atom is -0.504 e. The van der Waals surface area contributed by atoms with Crippen LogP contribution in [-0.2, 0) is 0 Å². The van der Waals surface area contributed by atoms with Gasteiger partial charge >= 0.3 is 0 Å². The van der Waals surface area contributed by atoms with Gasteiger partial charge < -0.3 is 15.5 Å². The van der Waals surface area contributed by atoms with E-state index in [1.54, 1.807) is 0 Å². The lowest BCUT2D eigenvalue weighted by Crippen LogP contribution is -2.43. The third kappa shape index (κ3) is 2.10. The summed E-state index contributed by atoms with van der Waals surface area (Å²) in [6.07, 6.45) is 2.02. The molecule has 3 N–H and O–H groups in total. The first-order valence-corrected chi connectivity index (χ1v) is 5.39. The number of hydrogen-bond acceptors (Lipinski definition) is 3. The van der Waals surface area contributed by atoms with Crippen LogP contribution in [0.5, 0.6) is 11.5 Å². The molecule has 0 saturated heterocycles. The van der Waals surface area contributed by atoms with Crippen molar-refractivity contribution >= 4 is 5.91 Å². The highest BCUT2D eigenvalue weighted by Gasteiger charge is 2.26. The second-order valence-corrected chi connectivity index (χ2v) is 4.45. The molecule has 1 saturated carbocycles. The summed E-state index contributed by atoms with van der Waals surface area (Å²) in [6, 6.07) is 4.32. The molecular weight excluding hydrogens is 206 g/mol. The number of benzene rings is 1. The van der Waals surface area contributed by atoms with Crippen LogP contribution in [0.1, 0.15) is 30.1 Å². The Hall–Kier alpha value is -1.71. The SMILES string of the molecule is CC1CC(NC(=O)c2ccc(O)c(O)c2)C1. The number of hydrogen-bond donors (Lipinski definition) is 3. The largest absolute Gasteiger partial charge is 0.504 e. The van der Waals surface area contributed by atoms with E-state index in [1.807, 2.05) is 0 Å². The van der Waals surface area contributed by atoms with Crippen molar-refractivity contribution in [2.75, 3.05) is 0 Å². The summed E-state index contributed by atoms with van der Waals surface area (Å²) in [5.74, 6) is -0.00540. The highest BCUT2D eigenvalue weighted by Crippen LogP contribution is 2.28. The molecule has 0 bridgehead atoms. The summed E-state index contributed by atoms with van der Waals surface area (Å²) >= 11 is 0. The van der Waals surface area contributed by atoms with E-state index in [1.165, 1.54) is 18.2 Å². The van der Waals surface area contributed by atoms with Gasteiger partial charge in [-0.05, 0) is 37.0 Å². The predicted molar refractivity (Wildman–Crippen MR) is 59.4 cm³/mol.